The van der Waals surface area contributed by atoms with E-state index < -0.39 is 0 Å². The van der Waals surface area contributed by atoms with Crippen LogP contribution in [0.15, 0.2) is 55.1 Å². The first-order valence-corrected chi connectivity index (χ1v) is 7.59. The lowest BCUT2D eigenvalue weighted by atomic mass is 10.1. The van der Waals surface area contributed by atoms with E-state index in [1.54, 1.807) is 48.5 Å². The Morgan fingerprint density at radius 2 is 2.17 bits per heavy atom. The number of rotatable bonds is 5. The largest absolute Gasteiger partial charge is 0.380 e. The molecule has 6 nitrogen and oxygen atoms in total. The number of nitrogens with zero attached hydrogens (tertiary/aromatic N) is 3. The molecule has 0 aliphatic heterocycles. The molecule has 0 saturated carbocycles. The van der Waals surface area contributed by atoms with E-state index in [1.165, 1.54) is 6.33 Å². The molecule has 1 N–H and O–H groups in total. The van der Waals surface area contributed by atoms with Gasteiger partial charge in [-0.05, 0) is 35.9 Å². The maximum Gasteiger partial charge on any atom is 0.255 e. The van der Waals surface area contributed by atoms with Crippen molar-refractivity contribution < 1.29 is 9.53 Å². The predicted octanol–water partition coefficient (Wildman–Crippen LogP) is 3.32. The molecular weight excluding hydrogens is 328 g/mol. The van der Waals surface area contributed by atoms with Gasteiger partial charge in [0.15, 0.2) is 0 Å². The fraction of sp³-hybridized carbons (Fsp3) is 0.118. The van der Waals surface area contributed by atoms with Gasteiger partial charge in [-0.25, -0.2) is 9.67 Å². The summed E-state index contributed by atoms with van der Waals surface area (Å²) in [5, 5.41) is 7.48. The van der Waals surface area contributed by atoms with Crippen LogP contribution >= 0.6 is 11.6 Å². The van der Waals surface area contributed by atoms with Gasteiger partial charge in [0.05, 0.1) is 18.0 Å². The SMILES string of the molecule is COCc1cccc(C(=O)Nc2cc(Cl)ccc2-n2cncn2)c1. The van der Waals surface area contributed by atoms with Crippen LogP contribution in [-0.2, 0) is 11.3 Å². The Morgan fingerprint density at radius 1 is 1.29 bits per heavy atom. The van der Waals surface area contributed by atoms with Crippen molar-refractivity contribution in [3.8, 4) is 5.69 Å². The fourth-order valence-corrected chi connectivity index (χ4v) is 2.48. The van der Waals surface area contributed by atoms with E-state index in [0.717, 1.165) is 5.56 Å². The van der Waals surface area contributed by atoms with Gasteiger partial charge in [0.2, 0.25) is 0 Å². The third-order valence-electron chi connectivity index (χ3n) is 3.37. The number of carbonyl (C=O) groups is 1. The summed E-state index contributed by atoms with van der Waals surface area (Å²) in [6.07, 6.45) is 2.98. The van der Waals surface area contributed by atoms with Crippen molar-refractivity contribution in [1.82, 2.24) is 14.8 Å². The molecule has 24 heavy (non-hydrogen) atoms. The number of nitrogens with one attached hydrogen (secondary N) is 1. The van der Waals surface area contributed by atoms with Gasteiger partial charge in [-0.1, -0.05) is 23.7 Å². The predicted molar refractivity (Wildman–Crippen MR) is 91.5 cm³/mol. The summed E-state index contributed by atoms with van der Waals surface area (Å²) in [4.78, 5) is 16.5. The Balaban J connectivity index is 1.89. The zero-order chi connectivity index (χ0) is 16.9. The van der Waals surface area contributed by atoms with Crippen LogP contribution in [0.1, 0.15) is 15.9 Å². The van der Waals surface area contributed by atoms with Crippen LogP contribution in [0.3, 0.4) is 0 Å². The van der Waals surface area contributed by atoms with Crippen molar-refractivity contribution in [2.75, 3.05) is 12.4 Å². The van der Waals surface area contributed by atoms with Crippen molar-refractivity contribution in [3.05, 3.63) is 71.3 Å². The molecule has 0 aliphatic rings. The van der Waals surface area contributed by atoms with E-state index in [9.17, 15) is 4.79 Å². The van der Waals surface area contributed by atoms with E-state index in [-0.39, 0.29) is 5.91 Å². The number of methoxy groups -OCH3 is 1. The van der Waals surface area contributed by atoms with Gasteiger partial charge >= 0.3 is 0 Å². The van der Waals surface area contributed by atoms with E-state index in [0.29, 0.717) is 28.6 Å². The lowest BCUT2D eigenvalue weighted by molar-refractivity contribution is 0.102. The first-order valence-electron chi connectivity index (χ1n) is 7.21. The van der Waals surface area contributed by atoms with Crippen molar-refractivity contribution in [2.24, 2.45) is 0 Å². The van der Waals surface area contributed by atoms with Gasteiger partial charge in [-0.15, -0.1) is 0 Å². The lowest BCUT2D eigenvalue weighted by Crippen LogP contribution is -2.14. The quantitative estimate of drug-likeness (QED) is 0.772. The molecule has 122 valence electrons. The number of hydrogen-bond acceptors (Lipinski definition) is 4. The van der Waals surface area contributed by atoms with E-state index in [2.05, 4.69) is 15.4 Å². The van der Waals surface area contributed by atoms with Crippen LogP contribution in [0.2, 0.25) is 5.02 Å². The maximum absolute atomic E-state index is 12.6. The molecule has 0 unspecified atom stereocenters. The Labute approximate surface area is 144 Å². The van der Waals surface area contributed by atoms with Gasteiger partial charge in [0, 0.05) is 17.7 Å². The number of aromatic nitrogens is 3. The second-order valence-electron chi connectivity index (χ2n) is 5.09. The standard InChI is InChI=1S/C17H15ClN4O2/c1-24-9-12-3-2-4-13(7-12)17(23)21-15-8-14(18)5-6-16(15)22-11-19-10-20-22/h2-8,10-11H,9H2,1H3,(H,21,23). The summed E-state index contributed by atoms with van der Waals surface area (Å²) in [5.74, 6) is -0.239. The average molecular weight is 343 g/mol. The van der Waals surface area contributed by atoms with Crippen LogP contribution in [-0.4, -0.2) is 27.8 Å². The molecular formula is C17H15ClN4O2. The Kier molecular flexibility index (Phi) is 4.88. The Morgan fingerprint density at radius 3 is 2.92 bits per heavy atom. The first kappa shape index (κ1) is 16.2. The number of ether oxygens (including phenoxy) is 1. The third-order valence-corrected chi connectivity index (χ3v) is 3.61. The molecule has 0 bridgehead atoms. The van der Waals surface area contributed by atoms with Crippen LogP contribution in [0.4, 0.5) is 5.69 Å². The molecule has 0 aliphatic carbocycles. The minimum absolute atomic E-state index is 0.239. The van der Waals surface area contributed by atoms with Gasteiger partial charge < -0.3 is 10.1 Å². The normalized spacial score (nSPS) is 10.6. The van der Waals surface area contributed by atoms with E-state index >= 15 is 0 Å². The topological polar surface area (TPSA) is 69.0 Å². The molecule has 0 spiro atoms. The average Bonchev–Trinajstić information content (AvgIpc) is 3.10. The lowest BCUT2D eigenvalue weighted by Gasteiger charge is -2.12. The van der Waals surface area contributed by atoms with E-state index in [4.69, 9.17) is 16.3 Å². The van der Waals surface area contributed by atoms with Crippen molar-refractivity contribution in [1.29, 1.82) is 0 Å². The molecule has 0 radical (unpaired) electrons. The zero-order valence-electron chi connectivity index (χ0n) is 12.9. The molecule has 7 heteroatoms. The number of anilines is 1. The highest BCUT2D eigenvalue weighted by Crippen LogP contribution is 2.24. The molecule has 1 amide bonds. The summed E-state index contributed by atoms with van der Waals surface area (Å²) in [7, 11) is 1.61. The Bertz CT molecular complexity index is 850. The second kappa shape index (κ2) is 7.25. The van der Waals surface area contributed by atoms with Crippen molar-refractivity contribution in [2.45, 2.75) is 6.61 Å². The van der Waals surface area contributed by atoms with Gasteiger partial charge in [0.1, 0.15) is 12.7 Å². The molecule has 3 aromatic rings. The van der Waals surface area contributed by atoms with Crippen LogP contribution in [0.5, 0.6) is 0 Å². The number of hydrogen-bond donors (Lipinski definition) is 1. The number of benzene rings is 2. The summed E-state index contributed by atoms with van der Waals surface area (Å²) >= 11 is 6.06. The smallest absolute Gasteiger partial charge is 0.255 e. The molecule has 0 atom stereocenters. The van der Waals surface area contributed by atoms with Crippen molar-refractivity contribution in [3.63, 3.8) is 0 Å². The van der Waals surface area contributed by atoms with Gasteiger partial charge in [-0.3, -0.25) is 4.79 Å². The molecule has 0 saturated heterocycles. The minimum atomic E-state index is -0.239. The van der Waals surface area contributed by atoms with Crippen LogP contribution in [0.25, 0.3) is 5.69 Å². The highest BCUT2D eigenvalue weighted by molar-refractivity contribution is 6.31. The highest BCUT2D eigenvalue weighted by Gasteiger charge is 2.12. The van der Waals surface area contributed by atoms with Crippen molar-refractivity contribution >= 4 is 23.2 Å². The summed E-state index contributed by atoms with van der Waals surface area (Å²) in [6.45, 7) is 0.447. The monoisotopic (exact) mass is 342 g/mol. The number of halogens is 1. The first-order chi connectivity index (χ1) is 11.7. The van der Waals surface area contributed by atoms with Crippen LogP contribution in [0, 0.1) is 0 Å². The molecule has 1 aromatic heterocycles. The van der Waals surface area contributed by atoms with Crippen LogP contribution < -0.4 is 5.32 Å². The summed E-state index contributed by atoms with van der Waals surface area (Å²) < 4.78 is 6.66. The molecule has 3 rings (SSSR count). The fourth-order valence-electron chi connectivity index (χ4n) is 2.30. The summed E-state index contributed by atoms with van der Waals surface area (Å²) in [6, 6.07) is 12.4. The Hall–Kier alpha value is -2.70. The van der Waals surface area contributed by atoms with Gasteiger partial charge in [-0.2, -0.15) is 5.10 Å². The maximum atomic E-state index is 12.6. The summed E-state index contributed by atoms with van der Waals surface area (Å²) in [5.41, 5.74) is 2.69. The molecule has 2 aromatic carbocycles. The minimum Gasteiger partial charge on any atom is -0.380 e. The second-order valence-corrected chi connectivity index (χ2v) is 5.53. The highest BCUT2D eigenvalue weighted by atomic mass is 35.5. The zero-order valence-corrected chi connectivity index (χ0v) is 13.7. The van der Waals surface area contributed by atoms with E-state index in [1.807, 2.05) is 12.1 Å². The molecule has 0 fully saturated rings. The third kappa shape index (κ3) is 3.61. The van der Waals surface area contributed by atoms with Gasteiger partial charge in [0.25, 0.3) is 5.91 Å². The molecule has 1 heterocycles. The number of amides is 1. The number of carbonyl (C=O) groups excluding carboxylic acids is 1.